The summed E-state index contributed by atoms with van der Waals surface area (Å²) >= 11 is 6.30. The van der Waals surface area contributed by atoms with Crippen LogP contribution in [0.1, 0.15) is 18.4 Å². The third-order valence-corrected chi connectivity index (χ3v) is 5.52. The van der Waals surface area contributed by atoms with Crippen molar-refractivity contribution in [2.24, 2.45) is 0 Å². The fourth-order valence-electron chi connectivity index (χ4n) is 3.53. The van der Waals surface area contributed by atoms with Gasteiger partial charge in [-0.15, -0.1) is 0 Å². The molecule has 6 nitrogen and oxygen atoms in total. The maximum absolute atomic E-state index is 12.5. The SMILES string of the molecule is CN1CCC(Oc2ccc(NC(=O)Cc3cc4c(cc3Cl)OCCO4)cc2)CC1. The molecule has 1 N–H and O–H groups in total. The maximum Gasteiger partial charge on any atom is 0.228 e. The maximum atomic E-state index is 12.5. The summed E-state index contributed by atoms with van der Waals surface area (Å²) in [5.41, 5.74) is 1.43. The molecule has 0 aromatic heterocycles. The summed E-state index contributed by atoms with van der Waals surface area (Å²) in [7, 11) is 2.13. The highest BCUT2D eigenvalue weighted by Crippen LogP contribution is 2.35. The minimum absolute atomic E-state index is 0.146. The molecule has 1 amide bonds. The first kappa shape index (κ1) is 19.9. The van der Waals surface area contributed by atoms with Crippen molar-refractivity contribution in [3.8, 4) is 17.2 Å². The summed E-state index contributed by atoms with van der Waals surface area (Å²) in [4.78, 5) is 14.8. The number of nitrogens with zero attached hydrogens (tertiary/aromatic N) is 1. The number of amides is 1. The molecular weight excluding hydrogens is 392 g/mol. The van der Waals surface area contributed by atoms with Gasteiger partial charge in [0.25, 0.3) is 0 Å². The number of nitrogens with one attached hydrogen (secondary N) is 1. The summed E-state index contributed by atoms with van der Waals surface area (Å²) in [6, 6.07) is 11.0. The van der Waals surface area contributed by atoms with Crippen LogP contribution >= 0.6 is 11.6 Å². The van der Waals surface area contributed by atoms with Gasteiger partial charge in [0, 0.05) is 29.9 Å². The number of hydrogen-bond acceptors (Lipinski definition) is 5. The topological polar surface area (TPSA) is 60.0 Å². The molecule has 0 bridgehead atoms. The number of rotatable bonds is 5. The molecule has 0 spiro atoms. The van der Waals surface area contributed by atoms with Crippen LogP contribution in [0.2, 0.25) is 5.02 Å². The fraction of sp³-hybridized carbons (Fsp3) is 0.409. The van der Waals surface area contributed by atoms with Gasteiger partial charge in [-0.1, -0.05) is 11.6 Å². The lowest BCUT2D eigenvalue weighted by atomic mass is 10.1. The van der Waals surface area contributed by atoms with E-state index in [2.05, 4.69) is 17.3 Å². The molecule has 0 atom stereocenters. The van der Waals surface area contributed by atoms with Gasteiger partial charge >= 0.3 is 0 Å². The second kappa shape index (κ2) is 8.93. The first-order valence-electron chi connectivity index (χ1n) is 9.90. The van der Waals surface area contributed by atoms with Crippen LogP contribution in [0.3, 0.4) is 0 Å². The molecule has 0 unspecified atom stereocenters. The van der Waals surface area contributed by atoms with E-state index in [1.807, 2.05) is 24.3 Å². The molecule has 2 aromatic rings. The largest absolute Gasteiger partial charge is 0.490 e. The lowest BCUT2D eigenvalue weighted by molar-refractivity contribution is -0.115. The average Bonchev–Trinajstić information content (AvgIpc) is 2.72. The third kappa shape index (κ3) is 5.14. The fourth-order valence-corrected chi connectivity index (χ4v) is 3.75. The molecule has 29 heavy (non-hydrogen) atoms. The Kier molecular flexibility index (Phi) is 6.11. The second-order valence-electron chi connectivity index (χ2n) is 7.46. The molecule has 0 radical (unpaired) electrons. The van der Waals surface area contributed by atoms with Gasteiger partial charge in [0.15, 0.2) is 11.5 Å². The van der Waals surface area contributed by atoms with E-state index in [9.17, 15) is 4.79 Å². The van der Waals surface area contributed by atoms with Crippen molar-refractivity contribution in [1.82, 2.24) is 4.90 Å². The molecular formula is C22H25ClN2O4. The zero-order valence-electron chi connectivity index (χ0n) is 16.4. The van der Waals surface area contributed by atoms with E-state index in [1.165, 1.54) is 0 Å². The number of hydrogen-bond donors (Lipinski definition) is 1. The Hall–Kier alpha value is -2.44. The van der Waals surface area contributed by atoms with Crippen LogP contribution < -0.4 is 19.5 Å². The number of likely N-dealkylation sites (tertiary alicyclic amines) is 1. The zero-order chi connectivity index (χ0) is 20.2. The van der Waals surface area contributed by atoms with E-state index in [0.717, 1.165) is 37.4 Å². The molecule has 0 saturated carbocycles. The van der Waals surface area contributed by atoms with Gasteiger partial charge in [0.05, 0.1) is 6.42 Å². The molecule has 0 aliphatic carbocycles. The number of ether oxygens (including phenoxy) is 3. The molecule has 1 saturated heterocycles. The first-order valence-corrected chi connectivity index (χ1v) is 10.3. The summed E-state index contributed by atoms with van der Waals surface area (Å²) in [5.74, 6) is 1.92. The highest BCUT2D eigenvalue weighted by molar-refractivity contribution is 6.31. The van der Waals surface area contributed by atoms with E-state index in [1.54, 1.807) is 12.1 Å². The van der Waals surface area contributed by atoms with E-state index in [4.69, 9.17) is 25.8 Å². The molecule has 2 aliphatic rings. The summed E-state index contributed by atoms with van der Waals surface area (Å²) in [5, 5.41) is 3.39. The number of carbonyl (C=O) groups excluding carboxylic acids is 1. The quantitative estimate of drug-likeness (QED) is 0.804. The number of fused-ring (bicyclic) bond motifs is 1. The average molecular weight is 417 g/mol. The van der Waals surface area contributed by atoms with Crippen LogP contribution in [0.4, 0.5) is 5.69 Å². The van der Waals surface area contributed by atoms with E-state index < -0.39 is 0 Å². The number of anilines is 1. The van der Waals surface area contributed by atoms with Crippen LogP contribution in [-0.2, 0) is 11.2 Å². The van der Waals surface area contributed by atoms with Crippen LogP contribution in [-0.4, -0.2) is 50.3 Å². The highest BCUT2D eigenvalue weighted by atomic mass is 35.5. The molecule has 154 valence electrons. The molecule has 2 aliphatic heterocycles. The first-order chi connectivity index (χ1) is 14.1. The third-order valence-electron chi connectivity index (χ3n) is 5.17. The Balaban J connectivity index is 1.33. The number of piperidine rings is 1. The van der Waals surface area contributed by atoms with Crippen molar-refractivity contribution < 1.29 is 19.0 Å². The Labute approximate surface area is 175 Å². The minimum atomic E-state index is -0.146. The summed E-state index contributed by atoms with van der Waals surface area (Å²) in [6.45, 7) is 3.11. The van der Waals surface area contributed by atoms with E-state index in [0.29, 0.717) is 35.3 Å². The lowest BCUT2D eigenvalue weighted by Crippen LogP contribution is -2.35. The van der Waals surface area contributed by atoms with Crippen molar-refractivity contribution in [3.63, 3.8) is 0 Å². The Morgan fingerprint density at radius 3 is 2.48 bits per heavy atom. The molecule has 7 heteroatoms. The zero-order valence-corrected chi connectivity index (χ0v) is 17.2. The van der Waals surface area contributed by atoms with Crippen LogP contribution in [0, 0.1) is 0 Å². The second-order valence-corrected chi connectivity index (χ2v) is 7.86. The van der Waals surface area contributed by atoms with Crippen molar-refractivity contribution >= 4 is 23.2 Å². The van der Waals surface area contributed by atoms with Gasteiger partial charge in [-0.2, -0.15) is 0 Å². The van der Waals surface area contributed by atoms with Crippen LogP contribution in [0.5, 0.6) is 17.2 Å². The van der Waals surface area contributed by atoms with Gasteiger partial charge in [-0.3, -0.25) is 4.79 Å². The van der Waals surface area contributed by atoms with Gasteiger partial charge in [-0.05, 0) is 55.8 Å². The molecule has 4 rings (SSSR count). The molecule has 2 heterocycles. The predicted molar refractivity (Wildman–Crippen MR) is 112 cm³/mol. The standard InChI is InChI=1S/C22H25ClN2O4/c1-25-8-6-18(7-9-25)29-17-4-2-16(3-5-17)24-22(26)13-15-12-20-21(14-19(15)23)28-11-10-27-20/h2-5,12,14,18H,6-11,13H2,1H3,(H,24,26). The smallest absolute Gasteiger partial charge is 0.228 e. The summed E-state index contributed by atoms with van der Waals surface area (Å²) in [6.07, 6.45) is 2.48. The number of carbonyl (C=O) groups is 1. The van der Waals surface area contributed by atoms with E-state index >= 15 is 0 Å². The normalized spacial score (nSPS) is 17.0. The van der Waals surface area contributed by atoms with Gasteiger partial charge in [0.1, 0.15) is 25.1 Å². The Morgan fingerprint density at radius 1 is 1.14 bits per heavy atom. The van der Waals surface area contributed by atoms with Crippen molar-refractivity contribution in [2.45, 2.75) is 25.4 Å². The van der Waals surface area contributed by atoms with E-state index in [-0.39, 0.29) is 18.4 Å². The monoisotopic (exact) mass is 416 g/mol. The highest BCUT2D eigenvalue weighted by Gasteiger charge is 2.19. The lowest BCUT2D eigenvalue weighted by Gasteiger charge is -2.29. The van der Waals surface area contributed by atoms with Crippen LogP contribution in [0.15, 0.2) is 36.4 Å². The van der Waals surface area contributed by atoms with Crippen molar-refractivity contribution in [2.75, 3.05) is 38.7 Å². The van der Waals surface area contributed by atoms with Crippen molar-refractivity contribution in [1.29, 1.82) is 0 Å². The number of halogens is 1. The van der Waals surface area contributed by atoms with Gasteiger partial charge in [-0.25, -0.2) is 0 Å². The van der Waals surface area contributed by atoms with Gasteiger partial charge in [0.2, 0.25) is 5.91 Å². The Bertz CT molecular complexity index is 864. The van der Waals surface area contributed by atoms with Crippen LogP contribution in [0.25, 0.3) is 0 Å². The minimum Gasteiger partial charge on any atom is -0.490 e. The number of benzene rings is 2. The molecule has 1 fully saturated rings. The molecule has 2 aromatic carbocycles. The Morgan fingerprint density at radius 2 is 1.79 bits per heavy atom. The van der Waals surface area contributed by atoms with Gasteiger partial charge < -0.3 is 24.4 Å². The van der Waals surface area contributed by atoms with Crippen molar-refractivity contribution in [3.05, 3.63) is 47.0 Å². The summed E-state index contributed by atoms with van der Waals surface area (Å²) < 4.78 is 17.1. The predicted octanol–water partition coefficient (Wildman–Crippen LogP) is 3.77.